The number of carbonyl (C=O) groups excluding carboxylic acids is 1. The van der Waals surface area contributed by atoms with Crippen LogP contribution in [0.5, 0.6) is 5.75 Å². The average Bonchev–Trinajstić information content (AvgIpc) is 2.59. The molecule has 25 heavy (non-hydrogen) atoms. The quantitative estimate of drug-likeness (QED) is 0.375. The summed E-state index contributed by atoms with van der Waals surface area (Å²) >= 11 is 0. The van der Waals surface area contributed by atoms with E-state index < -0.39 is 5.97 Å². The maximum absolute atomic E-state index is 12.0. The minimum absolute atomic E-state index is 0.0408. The zero-order valence-corrected chi connectivity index (χ0v) is 14.8. The van der Waals surface area contributed by atoms with Gasteiger partial charge in [-0.1, -0.05) is 31.1 Å². The van der Waals surface area contributed by atoms with E-state index in [9.17, 15) is 9.59 Å². The molecule has 0 fully saturated rings. The molecule has 1 aromatic carbocycles. The molecule has 0 spiro atoms. The molecule has 0 saturated heterocycles. The molecule has 5 heteroatoms. The van der Waals surface area contributed by atoms with Crippen molar-refractivity contribution in [1.82, 2.24) is 0 Å². The topological polar surface area (TPSA) is 75.6 Å². The number of benzene rings is 1. The molecule has 2 N–H and O–H groups in total. The second-order valence-electron chi connectivity index (χ2n) is 5.99. The van der Waals surface area contributed by atoms with E-state index in [0.29, 0.717) is 30.9 Å². The van der Waals surface area contributed by atoms with Crippen molar-refractivity contribution in [2.24, 2.45) is 0 Å². The first kappa shape index (κ1) is 20.7. The molecule has 0 heterocycles. The summed E-state index contributed by atoms with van der Waals surface area (Å²) in [7, 11) is 0. The van der Waals surface area contributed by atoms with Crippen LogP contribution in [0.1, 0.15) is 57.8 Å². The van der Waals surface area contributed by atoms with Gasteiger partial charge in [-0.3, -0.25) is 9.59 Å². The van der Waals surface area contributed by atoms with Gasteiger partial charge < -0.3 is 15.2 Å². The van der Waals surface area contributed by atoms with Gasteiger partial charge in [0.25, 0.3) is 0 Å². The smallest absolute Gasteiger partial charge is 0.303 e. The minimum Gasteiger partial charge on any atom is -0.491 e. The second kappa shape index (κ2) is 13.0. The van der Waals surface area contributed by atoms with Gasteiger partial charge in [-0.05, 0) is 44.2 Å². The van der Waals surface area contributed by atoms with Crippen molar-refractivity contribution in [3.8, 4) is 5.75 Å². The van der Waals surface area contributed by atoms with Crippen LogP contribution in [0.15, 0.2) is 36.9 Å². The van der Waals surface area contributed by atoms with E-state index >= 15 is 0 Å². The first-order chi connectivity index (χ1) is 12.1. The highest BCUT2D eigenvalue weighted by molar-refractivity contribution is 5.92. The predicted molar refractivity (Wildman–Crippen MR) is 100.0 cm³/mol. The van der Waals surface area contributed by atoms with Gasteiger partial charge in [-0.2, -0.15) is 0 Å². The first-order valence-corrected chi connectivity index (χ1v) is 8.98. The number of hydrogen-bond donors (Lipinski definition) is 2. The molecule has 0 atom stereocenters. The summed E-state index contributed by atoms with van der Waals surface area (Å²) in [6, 6.07) is 7.45. The highest BCUT2D eigenvalue weighted by atomic mass is 16.5. The van der Waals surface area contributed by atoms with Crippen molar-refractivity contribution in [3.05, 3.63) is 36.9 Å². The fourth-order valence-electron chi connectivity index (χ4n) is 2.40. The van der Waals surface area contributed by atoms with Crippen molar-refractivity contribution in [3.63, 3.8) is 0 Å². The lowest BCUT2D eigenvalue weighted by atomic mass is 10.1. The number of amides is 1. The largest absolute Gasteiger partial charge is 0.491 e. The third-order valence-corrected chi connectivity index (χ3v) is 3.77. The predicted octanol–water partition coefficient (Wildman–Crippen LogP) is 4.79. The number of allylic oxidation sites excluding steroid dienone is 1. The van der Waals surface area contributed by atoms with Crippen LogP contribution < -0.4 is 10.1 Å². The third kappa shape index (κ3) is 10.2. The zero-order valence-electron chi connectivity index (χ0n) is 14.8. The van der Waals surface area contributed by atoms with Crippen LogP contribution in [0, 0.1) is 0 Å². The van der Waals surface area contributed by atoms with E-state index in [1.165, 1.54) is 0 Å². The number of anilines is 1. The van der Waals surface area contributed by atoms with Crippen LogP contribution in [0.2, 0.25) is 0 Å². The summed E-state index contributed by atoms with van der Waals surface area (Å²) in [5.41, 5.74) is 0.696. The Hall–Kier alpha value is -2.30. The van der Waals surface area contributed by atoms with Crippen molar-refractivity contribution in [1.29, 1.82) is 0 Å². The monoisotopic (exact) mass is 347 g/mol. The summed E-state index contributed by atoms with van der Waals surface area (Å²) in [6.45, 7) is 4.31. The molecule has 138 valence electrons. The van der Waals surface area contributed by atoms with E-state index in [-0.39, 0.29) is 12.3 Å². The van der Waals surface area contributed by atoms with Crippen LogP contribution in [0.25, 0.3) is 0 Å². The van der Waals surface area contributed by atoms with Gasteiger partial charge in [-0.25, -0.2) is 0 Å². The number of aliphatic carboxylic acids is 1. The summed E-state index contributed by atoms with van der Waals surface area (Å²) in [4.78, 5) is 22.5. The summed E-state index contributed by atoms with van der Waals surface area (Å²) in [5, 5.41) is 11.5. The molecular weight excluding hydrogens is 318 g/mol. The van der Waals surface area contributed by atoms with E-state index in [0.717, 1.165) is 38.5 Å². The zero-order chi connectivity index (χ0) is 18.3. The Balaban J connectivity index is 2.29. The minimum atomic E-state index is -0.765. The van der Waals surface area contributed by atoms with Crippen molar-refractivity contribution >= 4 is 17.6 Å². The standard InChI is InChI=1S/C20H29NO4/c1-2-3-4-11-16-25-18-13-10-9-12-17(18)21-19(22)14-7-5-6-8-15-20(23)24/h2,9-10,12-13H,1,3-8,11,14-16H2,(H,21,22)(H,23,24). The lowest BCUT2D eigenvalue weighted by Gasteiger charge is -2.12. The number of para-hydroxylation sites is 2. The molecular formula is C20H29NO4. The molecule has 0 aliphatic carbocycles. The number of unbranched alkanes of at least 4 members (excludes halogenated alkanes) is 5. The lowest BCUT2D eigenvalue weighted by Crippen LogP contribution is -2.12. The molecule has 1 amide bonds. The first-order valence-electron chi connectivity index (χ1n) is 8.98. The van der Waals surface area contributed by atoms with Crippen molar-refractivity contribution in [2.45, 2.75) is 57.8 Å². The van der Waals surface area contributed by atoms with Crippen LogP contribution >= 0.6 is 0 Å². The Bertz CT molecular complexity index is 542. The second-order valence-corrected chi connectivity index (χ2v) is 5.99. The van der Waals surface area contributed by atoms with Crippen molar-refractivity contribution in [2.75, 3.05) is 11.9 Å². The van der Waals surface area contributed by atoms with Gasteiger partial charge in [0.1, 0.15) is 5.75 Å². The number of carbonyl (C=O) groups is 2. The molecule has 0 unspecified atom stereocenters. The maximum Gasteiger partial charge on any atom is 0.303 e. The number of hydrogen-bond acceptors (Lipinski definition) is 3. The molecule has 0 saturated carbocycles. The van der Waals surface area contributed by atoms with Gasteiger partial charge >= 0.3 is 5.97 Å². The van der Waals surface area contributed by atoms with Gasteiger partial charge in [0.2, 0.25) is 5.91 Å². The highest BCUT2D eigenvalue weighted by Crippen LogP contribution is 2.24. The summed E-state index contributed by atoms with van der Waals surface area (Å²) in [6.07, 6.45) is 8.63. The Morgan fingerprint density at radius 2 is 1.76 bits per heavy atom. The fraction of sp³-hybridized carbons (Fsp3) is 0.500. The maximum atomic E-state index is 12.0. The number of carboxylic acids is 1. The van der Waals surface area contributed by atoms with E-state index in [1.807, 2.05) is 30.3 Å². The lowest BCUT2D eigenvalue weighted by molar-refractivity contribution is -0.137. The summed E-state index contributed by atoms with van der Waals surface area (Å²) < 4.78 is 5.76. The molecule has 0 radical (unpaired) electrons. The molecule has 1 aromatic rings. The van der Waals surface area contributed by atoms with Crippen molar-refractivity contribution < 1.29 is 19.4 Å². The average molecular weight is 347 g/mol. The molecule has 0 aliphatic heterocycles. The van der Waals surface area contributed by atoms with E-state index in [4.69, 9.17) is 9.84 Å². The van der Waals surface area contributed by atoms with E-state index in [1.54, 1.807) is 0 Å². The molecule has 5 nitrogen and oxygen atoms in total. The Morgan fingerprint density at radius 3 is 2.48 bits per heavy atom. The fourth-order valence-corrected chi connectivity index (χ4v) is 2.40. The molecule has 0 aliphatic rings. The van der Waals surface area contributed by atoms with E-state index in [2.05, 4.69) is 11.9 Å². The van der Waals surface area contributed by atoms with Gasteiger partial charge in [0.05, 0.1) is 12.3 Å². The van der Waals surface area contributed by atoms with Crippen LogP contribution in [0.3, 0.4) is 0 Å². The van der Waals surface area contributed by atoms with Crippen LogP contribution in [-0.4, -0.2) is 23.6 Å². The normalized spacial score (nSPS) is 10.2. The molecule has 0 bridgehead atoms. The van der Waals surface area contributed by atoms with Crippen LogP contribution in [0.4, 0.5) is 5.69 Å². The Kier molecular flexibility index (Phi) is 10.8. The third-order valence-electron chi connectivity index (χ3n) is 3.77. The van der Waals surface area contributed by atoms with Gasteiger partial charge in [0.15, 0.2) is 0 Å². The molecule has 1 rings (SSSR count). The molecule has 0 aromatic heterocycles. The SMILES string of the molecule is C=CCCCCOc1ccccc1NC(=O)CCCCCCC(=O)O. The van der Waals surface area contributed by atoms with Crippen LogP contribution in [-0.2, 0) is 9.59 Å². The highest BCUT2D eigenvalue weighted by Gasteiger charge is 2.07. The number of ether oxygens (including phenoxy) is 1. The Labute approximate surface area is 150 Å². The van der Waals surface area contributed by atoms with Gasteiger partial charge in [0, 0.05) is 12.8 Å². The number of carboxylic acid groups (broad SMARTS) is 1. The number of rotatable bonds is 14. The Morgan fingerprint density at radius 1 is 1.04 bits per heavy atom. The number of nitrogens with one attached hydrogen (secondary N) is 1. The summed E-state index contributed by atoms with van der Waals surface area (Å²) in [5.74, 6) is -0.115. The van der Waals surface area contributed by atoms with Gasteiger partial charge in [-0.15, -0.1) is 6.58 Å².